The van der Waals surface area contributed by atoms with E-state index in [9.17, 15) is 35.9 Å². The van der Waals surface area contributed by atoms with Crippen LogP contribution in [0.5, 0.6) is 0 Å². The molecule has 2 heterocycles. The Kier molecular flexibility index (Phi) is 8.72. The van der Waals surface area contributed by atoms with E-state index in [4.69, 9.17) is 5.73 Å². The normalized spacial score (nSPS) is 13.9. The van der Waals surface area contributed by atoms with Gasteiger partial charge in [0.25, 0.3) is 5.91 Å². The number of anilines is 1. The number of amides is 2. The van der Waals surface area contributed by atoms with Gasteiger partial charge in [0.1, 0.15) is 5.82 Å². The lowest BCUT2D eigenvalue weighted by Gasteiger charge is -2.30. The Morgan fingerprint density at radius 3 is 2.34 bits per heavy atom. The molecule has 0 saturated heterocycles. The van der Waals surface area contributed by atoms with Crippen LogP contribution in [0.4, 0.5) is 32.2 Å². The third kappa shape index (κ3) is 6.27. The first-order valence-corrected chi connectivity index (χ1v) is 11.1. The number of aromatic nitrogens is 2. The van der Waals surface area contributed by atoms with Crippen molar-refractivity contribution in [3.05, 3.63) is 82.6 Å². The maximum atomic E-state index is 13.9. The minimum absolute atomic E-state index is 0. The molecule has 1 aliphatic heterocycles. The molecular formula is C24H22ClF6N5O2. The number of nitrogens with one attached hydrogen (secondary N) is 1. The van der Waals surface area contributed by atoms with Crippen LogP contribution in [0.2, 0.25) is 0 Å². The highest BCUT2D eigenvalue weighted by molar-refractivity contribution is 6.04. The molecule has 0 aliphatic carbocycles. The molecule has 0 radical (unpaired) electrons. The molecule has 3 aromatic rings. The standard InChI is InChI=1S/C24H21F6N5O2.ClH/c25-16-11-18(27)17(26)9-14(16)8-15(31)10-20(36)34-6-7-35-19(12-34)21(33-23(35)24(28,29)30)32-22(37)13-4-2-1-3-5-13;/h1-5,9,11,15H,6-8,10,12,31H2,(H,32,37);1H. The Bertz CT molecular complexity index is 1330. The first-order valence-electron chi connectivity index (χ1n) is 11.1. The van der Waals surface area contributed by atoms with Gasteiger partial charge in [0.2, 0.25) is 11.7 Å². The van der Waals surface area contributed by atoms with Crippen LogP contribution < -0.4 is 11.1 Å². The van der Waals surface area contributed by atoms with Crippen molar-refractivity contribution in [2.45, 2.75) is 38.1 Å². The lowest BCUT2D eigenvalue weighted by Crippen LogP contribution is -2.42. The van der Waals surface area contributed by atoms with E-state index in [1.807, 2.05) is 0 Å². The highest BCUT2D eigenvalue weighted by Crippen LogP contribution is 2.34. The van der Waals surface area contributed by atoms with E-state index in [0.29, 0.717) is 12.1 Å². The number of benzene rings is 2. The second kappa shape index (κ2) is 11.4. The first-order chi connectivity index (χ1) is 17.4. The molecule has 1 atom stereocenters. The molecular weight excluding hydrogens is 540 g/mol. The number of hydrogen-bond acceptors (Lipinski definition) is 4. The van der Waals surface area contributed by atoms with Gasteiger partial charge in [-0.15, -0.1) is 12.4 Å². The largest absolute Gasteiger partial charge is 0.449 e. The summed E-state index contributed by atoms with van der Waals surface area (Å²) in [5, 5.41) is 2.39. The summed E-state index contributed by atoms with van der Waals surface area (Å²) < 4.78 is 82.2. The minimum atomic E-state index is -4.80. The summed E-state index contributed by atoms with van der Waals surface area (Å²) in [4.78, 5) is 30.2. The van der Waals surface area contributed by atoms with Crippen molar-refractivity contribution in [2.24, 2.45) is 5.73 Å². The summed E-state index contributed by atoms with van der Waals surface area (Å²) in [6.45, 7) is -0.626. The molecule has 0 bridgehead atoms. The maximum Gasteiger partial charge on any atom is 0.449 e. The van der Waals surface area contributed by atoms with Gasteiger partial charge in [0.15, 0.2) is 17.5 Å². The monoisotopic (exact) mass is 561 g/mol. The number of carbonyl (C=O) groups excluding carboxylic acids is 2. The van der Waals surface area contributed by atoms with E-state index in [-0.39, 0.29) is 67.5 Å². The van der Waals surface area contributed by atoms with Gasteiger partial charge < -0.3 is 20.5 Å². The van der Waals surface area contributed by atoms with Crippen LogP contribution >= 0.6 is 12.4 Å². The summed E-state index contributed by atoms with van der Waals surface area (Å²) in [5.74, 6) is -6.38. The van der Waals surface area contributed by atoms with Crippen LogP contribution in [0.1, 0.15) is 33.9 Å². The van der Waals surface area contributed by atoms with E-state index in [1.54, 1.807) is 18.2 Å². The second-order valence-electron chi connectivity index (χ2n) is 8.54. The summed E-state index contributed by atoms with van der Waals surface area (Å²) >= 11 is 0. The third-order valence-corrected chi connectivity index (χ3v) is 5.89. The summed E-state index contributed by atoms with van der Waals surface area (Å²) in [7, 11) is 0. The van der Waals surface area contributed by atoms with Crippen LogP contribution in [-0.4, -0.2) is 38.9 Å². The highest BCUT2D eigenvalue weighted by atomic mass is 35.5. The van der Waals surface area contributed by atoms with Gasteiger partial charge in [-0.05, 0) is 30.2 Å². The van der Waals surface area contributed by atoms with Gasteiger partial charge in [0.05, 0.1) is 12.2 Å². The molecule has 0 saturated carbocycles. The Labute approximate surface area is 219 Å². The number of alkyl halides is 3. The molecule has 3 N–H and O–H groups in total. The smallest absolute Gasteiger partial charge is 0.335 e. The van der Waals surface area contributed by atoms with Crippen LogP contribution in [0, 0.1) is 17.5 Å². The lowest BCUT2D eigenvalue weighted by molar-refractivity contribution is -0.148. The number of fused-ring (bicyclic) bond motifs is 1. The first kappa shape index (κ1) is 29.0. The fourth-order valence-electron chi connectivity index (χ4n) is 4.09. The van der Waals surface area contributed by atoms with Crippen LogP contribution in [0.25, 0.3) is 0 Å². The van der Waals surface area contributed by atoms with Gasteiger partial charge in [-0.1, -0.05) is 18.2 Å². The van der Waals surface area contributed by atoms with E-state index in [0.717, 1.165) is 4.57 Å². The van der Waals surface area contributed by atoms with Crippen LogP contribution in [-0.2, 0) is 30.5 Å². The molecule has 2 amide bonds. The van der Waals surface area contributed by atoms with Gasteiger partial charge in [-0.25, -0.2) is 18.2 Å². The zero-order valence-electron chi connectivity index (χ0n) is 19.6. The average molecular weight is 562 g/mol. The van der Waals surface area contributed by atoms with Gasteiger partial charge >= 0.3 is 6.18 Å². The fourth-order valence-corrected chi connectivity index (χ4v) is 4.09. The Balaban J connectivity index is 0.00000400. The number of hydrogen-bond donors (Lipinski definition) is 2. The quantitative estimate of drug-likeness (QED) is 0.347. The molecule has 204 valence electrons. The van der Waals surface area contributed by atoms with Crippen molar-refractivity contribution in [1.29, 1.82) is 0 Å². The Morgan fingerprint density at radius 2 is 1.68 bits per heavy atom. The van der Waals surface area contributed by atoms with Gasteiger partial charge in [-0.2, -0.15) is 13.2 Å². The highest BCUT2D eigenvalue weighted by Gasteiger charge is 2.41. The van der Waals surface area contributed by atoms with Crippen LogP contribution in [0.3, 0.4) is 0 Å². The zero-order chi connectivity index (χ0) is 26.9. The second-order valence-corrected chi connectivity index (χ2v) is 8.54. The van der Waals surface area contributed by atoms with Crippen molar-refractivity contribution in [3.63, 3.8) is 0 Å². The summed E-state index contributed by atoms with van der Waals surface area (Å²) in [5.41, 5.74) is 5.91. The Morgan fingerprint density at radius 1 is 1.03 bits per heavy atom. The predicted molar refractivity (Wildman–Crippen MR) is 127 cm³/mol. The number of nitrogens with two attached hydrogens (primary N) is 1. The van der Waals surface area contributed by atoms with Crippen molar-refractivity contribution >= 4 is 30.0 Å². The van der Waals surface area contributed by atoms with Crippen molar-refractivity contribution < 1.29 is 35.9 Å². The Hall–Kier alpha value is -3.58. The van der Waals surface area contributed by atoms with Crippen molar-refractivity contribution in [3.8, 4) is 0 Å². The third-order valence-electron chi connectivity index (χ3n) is 5.89. The van der Waals surface area contributed by atoms with Gasteiger partial charge in [-0.3, -0.25) is 9.59 Å². The van der Waals surface area contributed by atoms with Crippen LogP contribution in [0.15, 0.2) is 42.5 Å². The molecule has 38 heavy (non-hydrogen) atoms. The molecule has 1 aromatic heterocycles. The molecule has 0 fully saturated rings. The average Bonchev–Trinajstić information content (AvgIpc) is 3.21. The number of nitrogens with zero attached hydrogens (tertiary/aromatic N) is 3. The number of halogens is 7. The number of imidazole rings is 1. The van der Waals surface area contributed by atoms with Crippen molar-refractivity contribution in [1.82, 2.24) is 14.5 Å². The SMILES string of the molecule is Cl.NC(CC(=O)N1CCn2c(C(F)(F)F)nc(NC(=O)c3ccccc3)c2C1)Cc1cc(F)c(F)cc1F. The lowest BCUT2D eigenvalue weighted by atomic mass is 10.0. The molecule has 14 heteroatoms. The molecule has 0 spiro atoms. The molecule has 7 nitrogen and oxygen atoms in total. The number of carbonyl (C=O) groups is 2. The zero-order valence-corrected chi connectivity index (χ0v) is 20.4. The van der Waals surface area contributed by atoms with E-state index in [2.05, 4.69) is 10.3 Å². The molecule has 1 unspecified atom stereocenters. The fraction of sp³-hybridized carbons (Fsp3) is 0.292. The minimum Gasteiger partial charge on any atom is -0.335 e. The summed E-state index contributed by atoms with van der Waals surface area (Å²) in [6.07, 6.45) is -5.39. The number of rotatable bonds is 6. The molecule has 1 aliphatic rings. The van der Waals surface area contributed by atoms with Crippen molar-refractivity contribution in [2.75, 3.05) is 11.9 Å². The maximum absolute atomic E-state index is 13.9. The molecule has 4 rings (SSSR count). The van der Waals surface area contributed by atoms with Gasteiger partial charge in [0, 0.05) is 37.2 Å². The summed E-state index contributed by atoms with van der Waals surface area (Å²) in [6, 6.07) is 7.89. The molecule has 2 aromatic carbocycles. The topological polar surface area (TPSA) is 93.2 Å². The predicted octanol–water partition coefficient (Wildman–Crippen LogP) is 4.30. The van der Waals surface area contributed by atoms with E-state index in [1.165, 1.54) is 17.0 Å². The van der Waals surface area contributed by atoms with E-state index < -0.39 is 47.3 Å². The van der Waals surface area contributed by atoms with E-state index >= 15 is 0 Å².